The second kappa shape index (κ2) is 6.87. The van der Waals surface area contributed by atoms with E-state index in [0.717, 1.165) is 17.1 Å². The number of sulfonamides is 1. The van der Waals surface area contributed by atoms with E-state index in [1.54, 1.807) is 42.6 Å². The Morgan fingerprint density at radius 1 is 1.33 bits per heavy atom. The topological polar surface area (TPSA) is 50.3 Å². The van der Waals surface area contributed by atoms with Gasteiger partial charge in [-0.2, -0.15) is 4.31 Å². The average Bonchev–Trinajstić information content (AvgIpc) is 2.89. The van der Waals surface area contributed by atoms with Crippen molar-refractivity contribution in [2.24, 2.45) is 0 Å². The molecule has 4 nitrogen and oxygen atoms in total. The van der Waals surface area contributed by atoms with Gasteiger partial charge in [0.25, 0.3) is 0 Å². The zero-order chi connectivity index (χ0) is 15.5. The first kappa shape index (κ1) is 16.4. The van der Waals surface area contributed by atoms with Gasteiger partial charge in [-0.05, 0) is 18.1 Å². The molecule has 0 amide bonds. The normalized spacial score (nSPS) is 12.0. The molecule has 0 saturated heterocycles. The van der Waals surface area contributed by atoms with Gasteiger partial charge in [-0.15, -0.1) is 11.3 Å². The number of benzene rings is 1. The maximum absolute atomic E-state index is 12.4. The van der Waals surface area contributed by atoms with Crippen molar-refractivity contribution in [3.63, 3.8) is 0 Å². The van der Waals surface area contributed by atoms with Crippen LogP contribution in [0.3, 0.4) is 0 Å². The Morgan fingerprint density at radius 3 is 2.67 bits per heavy atom. The van der Waals surface area contributed by atoms with Gasteiger partial charge in [0.15, 0.2) is 0 Å². The Balaban J connectivity index is 2.10. The molecule has 0 aliphatic rings. The number of hydrogen-bond acceptors (Lipinski definition) is 4. The van der Waals surface area contributed by atoms with Gasteiger partial charge >= 0.3 is 0 Å². The van der Waals surface area contributed by atoms with Crippen LogP contribution in [0, 0.1) is 0 Å². The van der Waals surface area contributed by atoms with E-state index < -0.39 is 10.0 Å². The number of halogens is 1. The molecular formula is C14H17ClN2O2S2. The summed E-state index contributed by atoms with van der Waals surface area (Å²) in [6.45, 7) is 2.31. The van der Waals surface area contributed by atoms with Crippen molar-refractivity contribution < 1.29 is 8.42 Å². The highest BCUT2D eigenvalue weighted by atomic mass is 35.5. The minimum atomic E-state index is -3.42. The molecule has 0 bridgehead atoms. The monoisotopic (exact) mass is 344 g/mol. The zero-order valence-electron chi connectivity index (χ0n) is 11.9. The minimum Gasteiger partial charge on any atom is -0.245 e. The molecule has 0 fully saturated rings. The molecule has 7 heteroatoms. The third kappa shape index (κ3) is 4.26. The van der Waals surface area contributed by atoms with Crippen LogP contribution in [0.5, 0.6) is 0 Å². The van der Waals surface area contributed by atoms with Crippen LogP contribution in [0.25, 0.3) is 0 Å². The van der Waals surface area contributed by atoms with Gasteiger partial charge in [-0.1, -0.05) is 36.7 Å². The van der Waals surface area contributed by atoms with E-state index in [2.05, 4.69) is 4.98 Å². The molecular weight excluding hydrogens is 328 g/mol. The van der Waals surface area contributed by atoms with Crippen LogP contribution in [0.2, 0.25) is 5.02 Å². The van der Waals surface area contributed by atoms with Crippen LogP contribution < -0.4 is 0 Å². The summed E-state index contributed by atoms with van der Waals surface area (Å²) >= 11 is 7.58. The van der Waals surface area contributed by atoms with Gasteiger partial charge in [-0.3, -0.25) is 0 Å². The number of aromatic nitrogens is 1. The second-order valence-corrected chi connectivity index (χ2v) is 8.12. The third-order valence-corrected chi connectivity index (χ3v) is 6.22. The molecule has 2 rings (SSSR count). The lowest BCUT2D eigenvalue weighted by Crippen LogP contribution is -2.28. The number of rotatable bonds is 6. The van der Waals surface area contributed by atoms with Gasteiger partial charge < -0.3 is 0 Å². The fourth-order valence-corrected chi connectivity index (χ4v) is 4.04. The Morgan fingerprint density at radius 2 is 2.05 bits per heavy atom. The molecule has 21 heavy (non-hydrogen) atoms. The van der Waals surface area contributed by atoms with Crippen LogP contribution in [0.4, 0.5) is 0 Å². The van der Waals surface area contributed by atoms with E-state index in [4.69, 9.17) is 11.6 Å². The number of nitrogens with zero attached hydrogens (tertiary/aromatic N) is 2. The summed E-state index contributed by atoms with van der Waals surface area (Å²) in [5.74, 6) is -0.103. The molecule has 114 valence electrons. The van der Waals surface area contributed by atoms with Crippen molar-refractivity contribution >= 4 is 33.0 Å². The highest BCUT2D eigenvalue weighted by Crippen LogP contribution is 2.20. The largest absolute Gasteiger partial charge is 0.245 e. The predicted octanol–water partition coefficient (Wildman–Crippen LogP) is 3.32. The fourth-order valence-electron chi connectivity index (χ4n) is 1.83. The third-order valence-electron chi connectivity index (χ3n) is 3.06. The van der Waals surface area contributed by atoms with Crippen molar-refractivity contribution in [1.82, 2.24) is 9.29 Å². The van der Waals surface area contributed by atoms with Gasteiger partial charge in [0, 0.05) is 17.5 Å². The molecule has 0 aliphatic carbocycles. The maximum Gasteiger partial charge on any atom is 0.218 e. The summed E-state index contributed by atoms with van der Waals surface area (Å²) in [4.78, 5) is 4.39. The molecule has 1 aromatic heterocycles. The number of thiazole rings is 1. The van der Waals surface area contributed by atoms with Crippen molar-refractivity contribution in [3.8, 4) is 0 Å². The molecule has 0 radical (unpaired) electrons. The van der Waals surface area contributed by atoms with E-state index in [1.165, 1.54) is 4.31 Å². The first-order chi connectivity index (χ1) is 9.92. The van der Waals surface area contributed by atoms with Crippen molar-refractivity contribution in [2.45, 2.75) is 25.6 Å². The molecule has 0 spiro atoms. The van der Waals surface area contributed by atoms with E-state index in [-0.39, 0.29) is 12.3 Å². The van der Waals surface area contributed by atoms with E-state index in [1.807, 2.05) is 12.3 Å². The van der Waals surface area contributed by atoms with Gasteiger partial charge in [-0.25, -0.2) is 13.4 Å². The van der Waals surface area contributed by atoms with Gasteiger partial charge in [0.1, 0.15) is 0 Å². The SMILES string of the molecule is CCc1nc(CN(C)S(=O)(=O)Cc2ccccc2Cl)cs1. The lowest BCUT2D eigenvalue weighted by molar-refractivity contribution is 0.462. The quantitative estimate of drug-likeness (QED) is 0.807. The first-order valence-electron chi connectivity index (χ1n) is 6.53. The van der Waals surface area contributed by atoms with Crippen molar-refractivity contribution in [3.05, 3.63) is 50.9 Å². The minimum absolute atomic E-state index is 0.103. The molecule has 2 aromatic rings. The van der Waals surface area contributed by atoms with Gasteiger partial charge in [0.05, 0.1) is 23.0 Å². The summed E-state index contributed by atoms with van der Waals surface area (Å²) in [5, 5.41) is 3.39. The Hall–Kier alpha value is -0.950. The summed E-state index contributed by atoms with van der Waals surface area (Å²) < 4.78 is 26.1. The first-order valence-corrected chi connectivity index (χ1v) is 9.39. The summed E-state index contributed by atoms with van der Waals surface area (Å²) in [7, 11) is -1.85. The van der Waals surface area contributed by atoms with Crippen molar-refractivity contribution in [1.29, 1.82) is 0 Å². The zero-order valence-corrected chi connectivity index (χ0v) is 14.3. The molecule has 0 N–H and O–H groups in total. The maximum atomic E-state index is 12.4. The highest BCUT2D eigenvalue weighted by molar-refractivity contribution is 7.88. The standard InChI is InChI=1S/C14H17ClN2O2S2/c1-3-14-16-12(9-20-14)8-17(2)21(18,19)10-11-6-4-5-7-13(11)15/h4-7,9H,3,8,10H2,1-2H3. The molecule has 1 aromatic carbocycles. The van der Waals surface area contributed by atoms with Crippen molar-refractivity contribution in [2.75, 3.05) is 7.05 Å². The molecule has 0 aliphatic heterocycles. The second-order valence-electron chi connectivity index (χ2n) is 4.69. The molecule has 1 heterocycles. The lowest BCUT2D eigenvalue weighted by atomic mass is 10.2. The Bertz CT molecular complexity index is 713. The molecule has 0 saturated carbocycles. The Labute approximate surface area is 134 Å². The van der Waals surface area contributed by atoms with Crippen LogP contribution in [-0.2, 0) is 28.7 Å². The van der Waals surface area contributed by atoms with E-state index in [0.29, 0.717) is 10.6 Å². The van der Waals surface area contributed by atoms with E-state index >= 15 is 0 Å². The Kier molecular flexibility index (Phi) is 5.37. The summed E-state index contributed by atoms with van der Waals surface area (Å²) in [6, 6.07) is 6.99. The van der Waals surface area contributed by atoms with Crippen LogP contribution >= 0.6 is 22.9 Å². The van der Waals surface area contributed by atoms with Crippen LogP contribution in [0.15, 0.2) is 29.6 Å². The molecule has 0 atom stereocenters. The predicted molar refractivity (Wildman–Crippen MR) is 87.0 cm³/mol. The summed E-state index contributed by atoms with van der Waals surface area (Å²) in [6.07, 6.45) is 0.862. The van der Waals surface area contributed by atoms with Crippen LogP contribution in [0.1, 0.15) is 23.2 Å². The highest BCUT2D eigenvalue weighted by Gasteiger charge is 2.20. The average molecular weight is 345 g/mol. The number of aryl methyl sites for hydroxylation is 1. The number of hydrogen-bond donors (Lipinski definition) is 0. The fraction of sp³-hybridized carbons (Fsp3) is 0.357. The molecule has 0 unspecified atom stereocenters. The van der Waals surface area contributed by atoms with E-state index in [9.17, 15) is 8.42 Å². The lowest BCUT2D eigenvalue weighted by Gasteiger charge is -2.16. The van der Waals surface area contributed by atoms with Gasteiger partial charge in [0.2, 0.25) is 10.0 Å². The smallest absolute Gasteiger partial charge is 0.218 e. The summed E-state index contributed by atoms with van der Waals surface area (Å²) in [5.41, 5.74) is 1.39. The van der Waals surface area contributed by atoms with Crippen LogP contribution in [-0.4, -0.2) is 24.8 Å².